The zero-order valence-electron chi connectivity index (χ0n) is 10.1. The molecule has 2 aromatic carbocycles. The second kappa shape index (κ2) is 5.65. The number of rotatable bonds is 4. The molecule has 0 heterocycles. The first kappa shape index (κ1) is 12.6. The van der Waals surface area contributed by atoms with E-state index in [0.29, 0.717) is 12.4 Å². The molecular formula is C15H15FO2. The third-order valence-corrected chi connectivity index (χ3v) is 2.64. The zero-order chi connectivity index (χ0) is 13.0. The molecular weight excluding hydrogens is 231 g/mol. The smallest absolute Gasteiger partial charge is 0.123 e. The summed E-state index contributed by atoms with van der Waals surface area (Å²) < 4.78 is 18.5. The fourth-order valence-electron chi connectivity index (χ4n) is 1.66. The largest absolute Gasteiger partial charge is 0.489 e. The average molecular weight is 246 g/mol. The minimum atomic E-state index is -0.525. The van der Waals surface area contributed by atoms with E-state index in [1.807, 2.05) is 24.3 Å². The number of ether oxygens (including phenoxy) is 1. The molecule has 0 unspecified atom stereocenters. The Bertz CT molecular complexity index is 523. The van der Waals surface area contributed by atoms with Crippen molar-refractivity contribution in [3.8, 4) is 5.75 Å². The number of hydrogen-bond donors (Lipinski definition) is 1. The van der Waals surface area contributed by atoms with Crippen molar-refractivity contribution < 1.29 is 14.2 Å². The third-order valence-electron chi connectivity index (χ3n) is 2.64. The Kier molecular flexibility index (Phi) is 3.95. The number of hydrogen-bond acceptors (Lipinski definition) is 2. The molecule has 1 N–H and O–H groups in total. The highest BCUT2D eigenvalue weighted by molar-refractivity contribution is 5.30. The summed E-state index contributed by atoms with van der Waals surface area (Å²) in [6, 6.07) is 13.6. The molecule has 18 heavy (non-hydrogen) atoms. The second-order valence-electron chi connectivity index (χ2n) is 4.17. The molecule has 94 valence electrons. The van der Waals surface area contributed by atoms with Crippen LogP contribution in [0, 0.1) is 5.82 Å². The number of halogens is 1. The van der Waals surface area contributed by atoms with E-state index < -0.39 is 6.10 Å². The number of aliphatic hydroxyl groups is 1. The zero-order valence-corrected chi connectivity index (χ0v) is 10.1. The predicted molar refractivity (Wildman–Crippen MR) is 67.8 cm³/mol. The predicted octanol–water partition coefficient (Wildman–Crippen LogP) is 3.46. The second-order valence-corrected chi connectivity index (χ2v) is 4.17. The fraction of sp³-hybridized carbons (Fsp3) is 0.200. The van der Waals surface area contributed by atoms with Gasteiger partial charge >= 0.3 is 0 Å². The Balaban J connectivity index is 2.04. The highest BCUT2D eigenvalue weighted by Gasteiger charge is 2.03. The van der Waals surface area contributed by atoms with E-state index >= 15 is 0 Å². The van der Waals surface area contributed by atoms with Crippen LogP contribution in [0.15, 0.2) is 48.5 Å². The van der Waals surface area contributed by atoms with Crippen LogP contribution in [0.3, 0.4) is 0 Å². The van der Waals surface area contributed by atoms with Crippen LogP contribution >= 0.6 is 0 Å². The molecule has 0 radical (unpaired) electrons. The van der Waals surface area contributed by atoms with E-state index in [1.165, 1.54) is 12.1 Å². The van der Waals surface area contributed by atoms with Gasteiger partial charge in [0, 0.05) is 0 Å². The van der Waals surface area contributed by atoms with Crippen LogP contribution in [0.1, 0.15) is 24.2 Å². The van der Waals surface area contributed by atoms with Crippen LogP contribution in [0.2, 0.25) is 0 Å². The van der Waals surface area contributed by atoms with Gasteiger partial charge in [0.1, 0.15) is 18.2 Å². The van der Waals surface area contributed by atoms with Crippen molar-refractivity contribution in [2.75, 3.05) is 0 Å². The standard InChI is InChI=1S/C15H15FO2/c1-11(17)13-5-3-7-15(9-13)18-10-12-4-2-6-14(16)8-12/h2-9,11,17H,10H2,1H3/t11-/m1/s1. The van der Waals surface area contributed by atoms with Crippen LogP contribution in [-0.2, 0) is 6.61 Å². The fourth-order valence-corrected chi connectivity index (χ4v) is 1.66. The molecule has 0 fully saturated rings. The Hall–Kier alpha value is -1.87. The van der Waals surface area contributed by atoms with Crippen molar-refractivity contribution in [3.63, 3.8) is 0 Å². The molecule has 0 bridgehead atoms. The maximum absolute atomic E-state index is 13.0. The maximum atomic E-state index is 13.0. The van der Waals surface area contributed by atoms with Crippen LogP contribution in [-0.4, -0.2) is 5.11 Å². The van der Waals surface area contributed by atoms with E-state index in [1.54, 1.807) is 19.1 Å². The summed E-state index contributed by atoms with van der Waals surface area (Å²) in [6.45, 7) is 2.01. The van der Waals surface area contributed by atoms with Crippen LogP contribution in [0.25, 0.3) is 0 Å². The Morgan fingerprint density at radius 1 is 1.17 bits per heavy atom. The van der Waals surface area contributed by atoms with Gasteiger partial charge in [-0.1, -0.05) is 24.3 Å². The number of aliphatic hydroxyl groups excluding tert-OH is 1. The van der Waals surface area contributed by atoms with Gasteiger partial charge in [0.25, 0.3) is 0 Å². The topological polar surface area (TPSA) is 29.5 Å². The van der Waals surface area contributed by atoms with E-state index in [0.717, 1.165) is 11.1 Å². The van der Waals surface area contributed by atoms with E-state index in [2.05, 4.69) is 0 Å². The van der Waals surface area contributed by atoms with Crippen molar-refractivity contribution in [2.24, 2.45) is 0 Å². The molecule has 0 aliphatic carbocycles. The summed E-state index contributed by atoms with van der Waals surface area (Å²) in [5.41, 5.74) is 1.57. The molecule has 0 saturated carbocycles. The SMILES string of the molecule is C[C@@H](O)c1cccc(OCc2cccc(F)c2)c1. The number of benzene rings is 2. The van der Waals surface area contributed by atoms with Gasteiger partial charge in [-0.25, -0.2) is 4.39 Å². The van der Waals surface area contributed by atoms with Crippen LogP contribution in [0.5, 0.6) is 5.75 Å². The summed E-state index contributed by atoms with van der Waals surface area (Å²) in [7, 11) is 0. The van der Waals surface area contributed by atoms with Crippen molar-refractivity contribution in [2.45, 2.75) is 19.6 Å². The quantitative estimate of drug-likeness (QED) is 0.895. The van der Waals surface area contributed by atoms with Gasteiger partial charge in [-0.2, -0.15) is 0 Å². The van der Waals surface area contributed by atoms with Gasteiger partial charge in [-0.05, 0) is 42.3 Å². The minimum Gasteiger partial charge on any atom is -0.489 e. The lowest BCUT2D eigenvalue weighted by Crippen LogP contribution is -1.97. The molecule has 0 aliphatic rings. The lowest BCUT2D eigenvalue weighted by molar-refractivity contribution is 0.198. The van der Waals surface area contributed by atoms with Gasteiger partial charge in [-0.3, -0.25) is 0 Å². The highest BCUT2D eigenvalue weighted by Crippen LogP contribution is 2.19. The van der Waals surface area contributed by atoms with E-state index in [9.17, 15) is 9.50 Å². The van der Waals surface area contributed by atoms with Crippen molar-refractivity contribution >= 4 is 0 Å². The summed E-state index contributed by atoms with van der Waals surface area (Å²) in [5.74, 6) is 0.395. The highest BCUT2D eigenvalue weighted by atomic mass is 19.1. The summed E-state index contributed by atoms with van der Waals surface area (Å²) in [4.78, 5) is 0. The first-order chi connectivity index (χ1) is 8.65. The first-order valence-corrected chi connectivity index (χ1v) is 5.80. The van der Waals surface area contributed by atoms with Gasteiger partial charge < -0.3 is 9.84 Å². The molecule has 0 spiro atoms. The van der Waals surface area contributed by atoms with Crippen molar-refractivity contribution in [1.29, 1.82) is 0 Å². The van der Waals surface area contributed by atoms with Gasteiger partial charge in [0.2, 0.25) is 0 Å². The Labute approximate surface area is 106 Å². The van der Waals surface area contributed by atoms with E-state index in [-0.39, 0.29) is 5.82 Å². The van der Waals surface area contributed by atoms with Gasteiger partial charge in [0.15, 0.2) is 0 Å². The summed E-state index contributed by atoms with van der Waals surface area (Å²) in [5, 5.41) is 9.46. The molecule has 2 nitrogen and oxygen atoms in total. The molecule has 1 atom stereocenters. The Morgan fingerprint density at radius 3 is 2.67 bits per heavy atom. The van der Waals surface area contributed by atoms with Gasteiger partial charge in [-0.15, -0.1) is 0 Å². The molecule has 0 saturated heterocycles. The maximum Gasteiger partial charge on any atom is 0.123 e. The normalized spacial score (nSPS) is 12.2. The first-order valence-electron chi connectivity index (χ1n) is 5.80. The average Bonchev–Trinajstić information content (AvgIpc) is 2.37. The summed E-state index contributed by atoms with van der Waals surface area (Å²) >= 11 is 0. The lowest BCUT2D eigenvalue weighted by atomic mass is 10.1. The minimum absolute atomic E-state index is 0.270. The molecule has 0 amide bonds. The van der Waals surface area contributed by atoms with Crippen molar-refractivity contribution in [3.05, 3.63) is 65.5 Å². The molecule has 0 aromatic heterocycles. The van der Waals surface area contributed by atoms with E-state index in [4.69, 9.17) is 4.74 Å². The molecule has 3 heteroatoms. The van der Waals surface area contributed by atoms with Crippen molar-refractivity contribution in [1.82, 2.24) is 0 Å². The molecule has 0 aliphatic heterocycles. The molecule has 2 rings (SSSR count). The molecule has 2 aromatic rings. The third kappa shape index (κ3) is 3.31. The van der Waals surface area contributed by atoms with Crippen LogP contribution in [0.4, 0.5) is 4.39 Å². The van der Waals surface area contributed by atoms with Crippen LogP contribution < -0.4 is 4.74 Å². The Morgan fingerprint density at radius 2 is 1.94 bits per heavy atom. The summed E-state index contributed by atoms with van der Waals surface area (Å²) in [6.07, 6.45) is -0.525. The monoisotopic (exact) mass is 246 g/mol. The lowest BCUT2D eigenvalue weighted by Gasteiger charge is -2.09. The van der Waals surface area contributed by atoms with Gasteiger partial charge in [0.05, 0.1) is 6.10 Å².